The number of amides is 3. The zero-order chi connectivity index (χ0) is 16.4. The molecule has 3 rings (SSSR count). The van der Waals surface area contributed by atoms with E-state index < -0.39 is 5.54 Å². The summed E-state index contributed by atoms with van der Waals surface area (Å²) in [6.45, 7) is 7.10. The van der Waals surface area contributed by atoms with Crippen LogP contribution < -0.4 is 5.32 Å². The molecule has 1 aromatic rings. The van der Waals surface area contributed by atoms with Crippen molar-refractivity contribution in [3.8, 4) is 0 Å². The van der Waals surface area contributed by atoms with Crippen molar-refractivity contribution in [2.75, 3.05) is 32.8 Å². The Hall–Kier alpha value is -1.51. The van der Waals surface area contributed by atoms with Gasteiger partial charge in [-0.25, -0.2) is 9.78 Å². The van der Waals surface area contributed by atoms with E-state index in [1.54, 1.807) is 31.4 Å². The Balaban J connectivity index is 1.47. The standard InChI is InChI=1S/C15H22N4O3S/c1-15(2)13(20)19(14(21)17-15)6-3-5-18-7-8-22-11(10-18)12-16-4-9-23-12/h4,9,11H,3,5-8,10H2,1-2H3,(H,17,21)/t11-/m1/s1. The molecule has 1 aromatic heterocycles. The Morgan fingerprint density at radius 1 is 1.43 bits per heavy atom. The van der Waals surface area contributed by atoms with Gasteiger partial charge >= 0.3 is 6.03 Å². The fourth-order valence-corrected chi connectivity index (χ4v) is 3.60. The van der Waals surface area contributed by atoms with Gasteiger partial charge in [-0.05, 0) is 20.3 Å². The van der Waals surface area contributed by atoms with E-state index in [0.717, 1.165) is 31.1 Å². The van der Waals surface area contributed by atoms with Crippen LogP contribution in [0.2, 0.25) is 0 Å². The van der Waals surface area contributed by atoms with Gasteiger partial charge in [0.15, 0.2) is 0 Å². The minimum atomic E-state index is -0.786. The number of nitrogens with one attached hydrogen (secondary N) is 1. The third-order valence-corrected chi connectivity index (χ3v) is 5.05. The zero-order valence-corrected chi connectivity index (χ0v) is 14.3. The normalized spacial score (nSPS) is 25.0. The number of ether oxygens (including phenoxy) is 1. The van der Waals surface area contributed by atoms with Crippen LogP contribution in [0.25, 0.3) is 0 Å². The van der Waals surface area contributed by atoms with Gasteiger partial charge in [0.2, 0.25) is 0 Å². The maximum absolute atomic E-state index is 12.1. The lowest BCUT2D eigenvalue weighted by Gasteiger charge is -2.32. The minimum Gasteiger partial charge on any atom is -0.368 e. The van der Waals surface area contributed by atoms with Crippen molar-refractivity contribution >= 4 is 23.3 Å². The Morgan fingerprint density at radius 2 is 2.26 bits per heavy atom. The number of morpholine rings is 1. The molecular formula is C15H22N4O3S. The quantitative estimate of drug-likeness (QED) is 0.818. The molecule has 3 heterocycles. The topological polar surface area (TPSA) is 74.8 Å². The average molecular weight is 338 g/mol. The number of hydrogen-bond donors (Lipinski definition) is 1. The van der Waals surface area contributed by atoms with E-state index >= 15 is 0 Å². The van der Waals surface area contributed by atoms with Crippen molar-refractivity contribution in [1.82, 2.24) is 20.1 Å². The molecule has 7 nitrogen and oxygen atoms in total. The van der Waals surface area contributed by atoms with Crippen LogP contribution in [0.15, 0.2) is 11.6 Å². The number of carbonyl (C=O) groups excluding carboxylic acids is 2. The van der Waals surface area contributed by atoms with Crippen LogP contribution in [0.1, 0.15) is 31.4 Å². The predicted octanol–water partition coefficient (Wildman–Crippen LogP) is 1.24. The molecule has 0 saturated carbocycles. The lowest BCUT2D eigenvalue weighted by atomic mass is 10.1. The molecule has 23 heavy (non-hydrogen) atoms. The van der Waals surface area contributed by atoms with Gasteiger partial charge in [0.05, 0.1) is 6.61 Å². The molecule has 0 radical (unpaired) electrons. The smallest absolute Gasteiger partial charge is 0.325 e. The largest absolute Gasteiger partial charge is 0.368 e. The van der Waals surface area contributed by atoms with Gasteiger partial charge in [0, 0.05) is 37.8 Å². The Labute approximate surface area is 139 Å². The van der Waals surface area contributed by atoms with Crippen LogP contribution in [0, 0.1) is 0 Å². The second kappa shape index (κ2) is 6.54. The summed E-state index contributed by atoms with van der Waals surface area (Å²) in [5, 5.41) is 5.66. The molecule has 2 aliphatic heterocycles. The molecule has 1 atom stereocenters. The van der Waals surface area contributed by atoms with E-state index in [1.165, 1.54) is 4.90 Å². The fourth-order valence-electron chi connectivity index (χ4n) is 2.92. The molecule has 2 fully saturated rings. The van der Waals surface area contributed by atoms with Crippen molar-refractivity contribution in [2.45, 2.75) is 31.9 Å². The van der Waals surface area contributed by atoms with Crippen molar-refractivity contribution in [3.63, 3.8) is 0 Å². The molecule has 0 aromatic carbocycles. The summed E-state index contributed by atoms with van der Waals surface area (Å²) < 4.78 is 5.77. The van der Waals surface area contributed by atoms with Crippen LogP contribution in [-0.4, -0.2) is 65.0 Å². The minimum absolute atomic E-state index is 0.0272. The molecular weight excluding hydrogens is 316 g/mol. The first-order chi connectivity index (χ1) is 11.0. The fraction of sp³-hybridized carbons (Fsp3) is 0.667. The van der Waals surface area contributed by atoms with Crippen LogP contribution in [-0.2, 0) is 9.53 Å². The number of rotatable bonds is 5. The molecule has 0 bridgehead atoms. The summed E-state index contributed by atoms with van der Waals surface area (Å²) >= 11 is 1.61. The first-order valence-corrected chi connectivity index (χ1v) is 8.73. The monoisotopic (exact) mass is 338 g/mol. The molecule has 2 saturated heterocycles. The highest BCUT2D eigenvalue weighted by molar-refractivity contribution is 7.09. The van der Waals surface area contributed by atoms with E-state index in [-0.39, 0.29) is 18.0 Å². The van der Waals surface area contributed by atoms with E-state index in [2.05, 4.69) is 15.2 Å². The number of carbonyl (C=O) groups is 2. The summed E-state index contributed by atoms with van der Waals surface area (Å²) in [7, 11) is 0. The van der Waals surface area contributed by atoms with Crippen molar-refractivity contribution in [2.24, 2.45) is 0 Å². The van der Waals surface area contributed by atoms with E-state index in [1.807, 2.05) is 5.38 Å². The van der Waals surface area contributed by atoms with Crippen molar-refractivity contribution < 1.29 is 14.3 Å². The summed E-state index contributed by atoms with van der Waals surface area (Å²) in [6, 6.07) is -0.289. The number of hydrogen-bond acceptors (Lipinski definition) is 6. The molecule has 126 valence electrons. The first-order valence-electron chi connectivity index (χ1n) is 7.85. The number of thiazole rings is 1. The van der Waals surface area contributed by atoms with Gasteiger partial charge in [-0.15, -0.1) is 11.3 Å². The molecule has 1 N–H and O–H groups in total. The van der Waals surface area contributed by atoms with Gasteiger partial charge < -0.3 is 10.1 Å². The molecule has 8 heteroatoms. The summed E-state index contributed by atoms with van der Waals surface area (Å²) in [4.78, 5) is 31.9. The maximum Gasteiger partial charge on any atom is 0.325 e. The highest BCUT2D eigenvalue weighted by atomic mass is 32.1. The predicted molar refractivity (Wildman–Crippen MR) is 86.2 cm³/mol. The van der Waals surface area contributed by atoms with Crippen molar-refractivity contribution in [1.29, 1.82) is 0 Å². The van der Waals surface area contributed by atoms with E-state index in [9.17, 15) is 9.59 Å². The highest BCUT2D eigenvalue weighted by Crippen LogP contribution is 2.24. The third-order valence-electron chi connectivity index (χ3n) is 4.18. The van der Waals surface area contributed by atoms with Gasteiger partial charge in [0.1, 0.15) is 16.7 Å². The highest BCUT2D eigenvalue weighted by Gasteiger charge is 2.43. The number of nitrogens with zero attached hydrogens (tertiary/aromatic N) is 3. The van der Waals surface area contributed by atoms with Crippen molar-refractivity contribution in [3.05, 3.63) is 16.6 Å². The van der Waals surface area contributed by atoms with Crippen LogP contribution >= 0.6 is 11.3 Å². The molecule has 0 spiro atoms. The van der Waals surface area contributed by atoms with Gasteiger partial charge in [-0.2, -0.15) is 0 Å². The maximum atomic E-state index is 12.1. The first kappa shape index (κ1) is 16.4. The lowest BCUT2D eigenvalue weighted by Crippen LogP contribution is -2.41. The average Bonchev–Trinajstić information content (AvgIpc) is 3.10. The zero-order valence-electron chi connectivity index (χ0n) is 13.4. The van der Waals surface area contributed by atoms with Gasteiger partial charge in [-0.1, -0.05) is 0 Å². The SMILES string of the molecule is CC1(C)NC(=O)N(CCCN2CCO[C@@H](c3nccs3)C2)C1=O. The Morgan fingerprint density at radius 3 is 2.91 bits per heavy atom. The Kier molecular flexibility index (Phi) is 4.65. The van der Waals surface area contributed by atoms with Gasteiger partial charge in [-0.3, -0.25) is 14.6 Å². The lowest BCUT2D eigenvalue weighted by molar-refractivity contribution is -0.130. The number of imide groups is 1. The van der Waals surface area contributed by atoms with Crippen LogP contribution in [0.5, 0.6) is 0 Å². The summed E-state index contributed by atoms with van der Waals surface area (Å²) in [5.41, 5.74) is -0.786. The molecule has 0 unspecified atom stereocenters. The summed E-state index contributed by atoms with van der Waals surface area (Å²) in [5.74, 6) is -0.148. The molecule has 0 aliphatic carbocycles. The van der Waals surface area contributed by atoms with E-state index in [4.69, 9.17) is 4.74 Å². The van der Waals surface area contributed by atoms with Gasteiger partial charge in [0.25, 0.3) is 5.91 Å². The molecule has 2 aliphatic rings. The van der Waals surface area contributed by atoms with Crippen LogP contribution in [0.3, 0.4) is 0 Å². The number of aromatic nitrogens is 1. The third kappa shape index (κ3) is 3.54. The number of urea groups is 1. The van der Waals surface area contributed by atoms with Crippen LogP contribution in [0.4, 0.5) is 4.79 Å². The second-order valence-corrected chi connectivity index (χ2v) is 7.32. The summed E-state index contributed by atoms with van der Waals surface area (Å²) in [6.07, 6.45) is 2.58. The van der Waals surface area contributed by atoms with E-state index in [0.29, 0.717) is 13.2 Å². The molecule has 3 amide bonds. The Bertz CT molecular complexity index is 575. The second-order valence-electron chi connectivity index (χ2n) is 6.40.